The third-order valence-electron chi connectivity index (χ3n) is 4.39. The van der Waals surface area contributed by atoms with Crippen LogP contribution in [0.3, 0.4) is 0 Å². The highest BCUT2D eigenvalue weighted by Crippen LogP contribution is 2.32. The number of fused-ring (bicyclic) bond motifs is 1. The van der Waals surface area contributed by atoms with Crippen molar-refractivity contribution in [2.45, 2.75) is 6.42 Å². The zero-order valence-electron chi connectivity index (χ0n) is 14.0. The molecule has 27 heavy (non-hydrogen) atoms. The first kappa shape index (κ1) is 17.4. The highest BCUT2D eigenvalue weighted by atomic mass is 32.1. The van der Waals surface area contributed by atoms with Crippen molar-refractivity contribution in [1.29, 1.82) is 0 Å². The number of hydrogen-bond donors (Lipinski definition) is 1. The van der Waals surface area contributed by atoms with Crippen LogP contribution in [0.25, 0.3) is 0 Å². The van der Waals surface area contributed by atoms with Crippen molar-refractivity contribution >= 4 is 34.5 Å². The van der Waals surface area contributed by atoms with Gasteiger partial charge in [0.15, 0.2) is 11.6 Å². The molecule has 3 aromatic rings. The summed E-state index contributed by atoms with van der Waals surface area (Å²) in [6.07, 6.45) is 0.682. The monoisotopic (exact) mass is 384 g/mol. The lowest BCUT2D eigenvalue weighted by Crippen LogP contribution is -2.28. The van der Waals surface area contributed by atoms with E-state index in [1.165, 1.54) is 17.4 Å². The molecule has 0 spiro atoms. The van der Waals surface area contributed by atoms with Gasteiger partial charge in [-0.25, -0.2) is 8.78 Å². The van der Waals surface area contributed by atoms with Gasteiger partial charge in [0, 0.05) is 23.5 Å². The lowest BCUT2D eigenvalue weighted by molar-refractivity contribution is 0.0991. The Hall–Kier alpha value is -3.06. The number of hydrogen-bond acceptors (Lipinski definition) is 3. The van der Waals surface area contributed by atoms with Gasteiger partial charge in [0.05, 0.1) is 4.88 Å². The molecular formula is C20H14F2N2O2S. The summed E-state index contributed by atoms with van der Waals surface area (Å²) in [6.45, 7) is 0.576. The van der Waals surface area contributed by atoms with Gasteiger partial charge in [-0.3, -0.25) is 9.59 Å². The molecule has 0 saturated heterocycles. The van der Waals surface area contributed by atoms with Crippen molar-refractivity contribution < 1.29 is 18.4 Å². The molecular weight excluding hydrogens is 370 g/mol. The van der Waals surface area contributed by atoms with Gasteiger partial charge in [0.2, 0.25) is 0 Å². The molecule has 2 heterocycles. The quantitative estimate of drug-likeness (QED) is 0.724. The maximum atomic E-state index is 13.3. The summed E-state index contributed by atoms with van der Waals surface area (Å²) in [7, 11) is 0. The molecule has 136 valence electrons. The Morgan fingerprint density at radius 2 is 1.89 bits per heavy atom. The Kier molecular flexibility index (Phi) is 4.45. The van der Waals surface area contributed by atoms with Crippen molar-refractivity contribution in [3.63, 3.8) is 0 Å². The van der Waals surface area contributed by atoms with Crippen molar-refractivity contribution in [1.82, 2.24) is 0 Å². The lowest BCUT2D eigenvalue weighted by atomic mass is 10.1. The van der Waals surface area contributed by atoms with Gasteiger partial charge in [-0.2, -0.15) is 0 Å². The number of carbonyl (C=O) groups is 2. The highest BCUT2D eigenvalue weighted by molar-refractivity contribution is 7.12. The second-order valence-corrected chi connectivity index (χ2v) is 7.06. The molecule has 4 rings (SSSR count). The third kappa shape index (κ3) is 3.33. The molecule has 7 heteroatoms. The van der Waals surface area contributed by atoms with Crippen molar-refractivity contribution in [2.75, 3.05) is 16.8 Å². The second-order valence-electron chi connectivity index (χ2n) is 6.11. The number of nitrogens with one attached hydrogen (secondary N) is 1. The molecule has 0 unspecified atom stereocenters. The van der Waals surface area contributed by atoms with Crippen LogP contribution >= 0.6 is 11.3 Å². The summed E-state index contributed by atoms with van der Waals surface area (Å²) in [5, 5.41) is 4.54. The average molecular weight is 384 g/mol. The van der Waals surface area contributed by atoms with E-state index in [9.17, 15) is 18.4 Å². The number of anilines is 2. The number of carbonyl (C=O) groups excluding carboxylic acids is 2. The van der Waals surface area contributed by atoms with Gasteiger partial charge in [-0.05, 0) is 59.8 Å². The number of halogens is 2. The fraction of sp³-hybridized carbons (Fsp3) is 0.100. The van der Waals surface area contributed by atoms with Gasteiger partial charge in [-0.1, -0.05) is 6.07 Å². The Balaban J connectivity index is 1.53. The number of amides is 2. The smallest absolute Gasteiger partial charge is 0.268 e. The van der Waals surface area contributed by atoms with E-state index in [1.807, 2.05) is 11.4 Å². The zero-order valence-corrected chi connectivity index (χ0v) is 14.9. The molecule has 2 aromatic carbocycles. The highest BCUT2D eigenvalue weighted by Gasteiger charge is 2.26. The summed E-state index contributed by atoms with van der Waals surface area (Å²) in [5.41, 5.74) is 2.33. The van der Waals surface area contributed by atoms with Crippen LogP contribution in [0.4, 0.5) is 20.2 Å². The van der Waals surface area contributed by atoms with E-state index in [4.69, 9.17) is 0 Å². The van der Waals surface area contributed by atoms with E-state index in [1.54, 1.807) is 29.2 Å². The van der Waals surface area contributed by atoms with E-state index in [0.717, 1.165) is 23.4 Å². The molecule has 0 saturated carbocycles. The molecule has 0 fully saturated rings. The van der Waals surface area contributed by atoms with E-state index in [0.29, 0.717) is 23.5 Å². The molecule has 0 bridgehead atoms. The first-order valence-corrected chi connectivity index (χ1v) is 9.15. The number of rotatable bonds is 3. The van der Waals surface area contributed by atoms with Crippen LogP contribution < -0.4 is 10.2 Å². The molecule has 1 aliphatic rings. The van der Waals surface area contributed by atoms with Crippen LogP contribution in [0, 0.1) is 11.6 Å². The van der Waals surface area contributed by atoms with Gasteiger partial charge in [-0.15, -0.1) is 11.3 Å². The van der Waals surface area contributed by atoms with Crippen molar-refractivity contribution in [3.8, 4) is 0 Å². The molecule has 4 nitrogen and oxygen atoms in total. The minimum absolute atomic E-state index is 0.0314. The SMILES string of the molecule is O=C(Nc1ccc2c(c1)CCN2C(=O)c1cccs1)c1ccc(F)c(F)c1. The Morgan fingerprint density at radius 1 is 1.04 bits per heavy atom. The van der Waals surface area contributed by atoms with E-state index < -0.39 is 17.5 Å². The predicted octanol–water partition coefficient (Wildman–Crippen LogP) is 4.48. The molecule has 0 radical (unpaired) electrons. The molecule has 2 amide bonds. The topological polar surface area (TPSA) is 49.4 Å². The van der Waals surface area contributed by atoms with Crippen LogP contribution in [-0.2, 0) is 6.42 Å². The minimum atomic E-state index is -1.07. The second kappa shape index (κ2) is 6.92. The first-order valence-electron chi connectivity index (χ1n) is 8.27. The largest absolute Gasteiger partial charge is 0.322 e. The summed E-state index contributed by atoms with van der Waals surface area (Å²) < 4.78 is 26.3. The van der Waals surface area contributed by atoms with Crippen LogP contribution in [-0.4, -0.2) is 18.4 Å². The third-order valence-corrected chi connectivity index (χ3v) is 5.25. The molecule has 0 aliphatic carbocycles. The van der Waals surface area contributed by atoms with Gasteiger partial charge in [0.1, 0.15) is 0 Å². The number of thiophene rings is 1. The average Bonchev–Trinajstić information content (AvgIpc) is 3.33. The standard InChI is InChI=1S/C20H14F2N2O2S/c21-15-5-3-13(11-16(15)22)19(25)23-14-4-6-17-12(10-14)7-8-24(17)20(26)18-2-1-9-27-18/h1-6,9-11H,7-8H2,(H,23,25). The molecule has 1 aliphatic heterocycles. The van der Waals surface area contributed by atoms with Crippen LogP contribution in [0.1, 0.15) is 25.6 Å². The molecule has 1 N–H and O–H groups in total. The van der Waals surface area contributed by atoms with Gasteiger partial charge in [0.25, 0.3) is 11.8 Å². The van der Waals surface area contributed by atoms with Gasteiger partial charge >= 0.3 is 0 Å². The van der Waals surface area contributed by atoms with Crippen LogP contribution in [0.2, 0.25) is 0 Å². The number of nitrogens with zero attached hydrogens (tertiary/aromatic N) is 1. The predicted molar refractivity (Wildman–Crippen MR) is 100 cm³/mol. The molecule has 1 aromatic heterocycles. The lowest BCUT2D eigenvalue weighted by Gasteiger charge is -2.16. The Bertz CT molecular complexity index is 1030. The summed E-state index contributed by atoms with van der Waals surface area (Å²) in [5.74, 6) is -2.64. The normalized spacial score (nSPS) is 12.7. The maximum absolute atomic E-state index is 13.3. The van der Waals surface area contributed by atoms with E-state index >= 15 is 0 Å². The zero-order chi connectivity index (χ0) is 19.0. The van der Waals surface area contributed by atoms with Crippen LogP contribution in [0.5, 0.6) is 0 Å². The fourth-order valence-electron chi connectivity index (χ4n) is 3.06. The maximum Gasteiger partial charge on any atom is 0.268 e. The van der Waals surface area contributed by atoms with Gasteiger partial charge < -0.3 is 10.2 Å². The Morgan fingerprint density at radius 3 is 2.63 bits per heavy atom. The first-order chi connectivity index (χ1) is 13.0. The molecule has 0 atom stereocenters. The van der Waals surface area contributed by atoms with Crippen molar-refractivity contribution in [2.24, 2.45) is 0 Å². The minimum Gasteiger partial charge on any atom is -0.322 e. The van der Waals surface area contributed by atoms with E-state index in [-0.39, 0.29) is 11.5 Å². The van der Waals surface area contributed by atoms with Crippen molar-refractivity contribution in [3.05, 3.63) is 81.5 Å². The summed E-state index contributed by atoms with van der Waals surface area (Å²) >= 11 is 1.40. The van der Waals surface area contributed by atoms with Crippen LogP contribution in [0.15, 0.2) is 53.9 Å². The number of benzene rings is 2. The summed E-state index contributed by atoms with van der Waals surface area (Å²) in [4.78, 5) is 27.2. The fourth-order valence-corrected chi connectivity index (χ4v) is 3.74. The summed E-state index contributed by atoms with van der Waals surface area (Å²) in [6, 6.07) is 11.9. The van der Waals surface area contributed by atoms with E-state index in [2.05, 4.69) is 5.32 Å². The Labute approximate surface area is 158 Å².